The number of carbonyl (C=O) groups excluding carboxylic acids is 1. The maximum Gasteiger partial charge on any atom is 0.270 e. The average molecular weight is 416 g/mol. The van der Waals surface area contributed by atoms with Gasteiger partial charge in [-0.25, -0.2) is 9.97 Å². The Bertz CT molecular complexity index is 977. The van der Waals surface area contributed by atoms with Gasteiger partial charge in [0.1, 0.15) is 5.69 Å². The third-order valence-corrected chi connectivity index (χ3v) is 5.42. The van der Waals surface area contributed by atoms with Crippen molar-refractivity contribution in [2.45, 2.75) is 38.4 Å². The summed E-state index contributed by atoms with van der Waals surface area (Å²) in [6.07, 6.45) is 1.61. The number of amides is 1. The smallest absolute Gasteiger partial charge is 0.270 e. The molecular formula is C25H29N5O. The molecule has 6 nitrogen and oxygen atoms in total. The lowest BCUT2D eigenvalue weighted by Gasteiger charge is -2.52. The van der Waals surface area contributed by atoms with Crippen LogP contribution >= 0.6 is 0 Å². The Morgan fingerprint density at radius 1 is 0.968 bits per heavy atom. The van der Waals surface area contributed by atoms with Gasteiger partial charge in [-0.3, -0.25) is 9.69 Å². The Morgan fingerprint density at radius 3 is 2.10 bits per heavy atom. The van der Waals surface area contributed by atoms with E-state index in [0.29, 0.717) is 11.6 Å². The van der Waals surface area contributed by atoms with E-state index in [1.165, 1.54) is 11.1 Å². The summed E-state index contributed by atoms with van der Waals surface area (Å²) in [6, 6.07) is 23.0. The lowest BCUT2D eigenvalue weighted by Crippen LogP contribution is -2.69. The monoisotopic (exact) mass is 415 g/mol. The summed E-state index contributed by atoms with van der Waals surface area (Å²) in [4.78, 5) is 23.8. The van der Waals surface area contributed by atoms with Crippen LogP contribution in [-0.2, 0) is 0 Å². The number of benzene rings is 2. The summed E-state index contributed by atoms with van der Waals surface area (Å²) in [5.74, 6) is 0.295. The SMILES string of the molecule is CC(C)Nc1nccc(C(=O)NC2(C)CN(C(c3ccccc3)c3ccccc3)C2)n1. The first kappa shape index (κ1) is 21.0. The van der Waals surface area contributed by atoms with Gasteiger partial charge in [0.2, 0.25) is 5.95 Å². The molecule has 0 aliphatic carbocycles. The van der Waals surface area contributed by atoms with Crippen molar-refractivity contribution in [1.29, 1.82) is 0 Å². The highest BCUT2D eigenvalue weighted by atomic mass is 16.2. The van der Waals surface area contributed by atoms with E-state index in [-0.39, 0.29) is 23.5 Å². The molecule has 1 fully saturated rings. The number of anilines is 1. The van der Waals surface area contributed by atoms with Crippen LogP contribution in [0.5, 0.6) is 0 Å². The molecule has 1 aliphatic heterocycles. The number of rotatable bonds is 7. The first-order valence-corrected chi connectivity index (χ1v) is 10.7. The van der Waals surface area contributed by atoms with Crippen molar-refractivity contribution in [3.8, 4) is 0 Å². The van der Waals surface area contributed by atoms with E-state index in [1.807, 2.05) is 26.0 Å². The topological polar surface area (TPSA) is 70.2 Å². The van der Waals surface area contributed by atoms with Crippen molar-refractivity contribution >= 4 is 11.9 Å². The Kier molecular flexibility index (Phi) is 6.00. The van der Waals surface area contributed by atoms with Gasteiger partial charge in [-0.1, -0.05) is 60.7 Å². The van der Waals surface area contributed by atoms with E-state index >= 15 is 0 Å². The third kappa shape index (κ3) is 4.91. The summed E-state index contributed by atoms with van der Waals surface area (Å²) >= 11 is 0. The molecule has 0 radical (unpaired) electrons. The zero-order chi connectivity index (χ0) is 21.8. The number of carbonyl (C=O) groups is 1. The van der Waals surface area contributed by atoms with Crippen molar-refractivity contribution < 1.29 is 4.79 Å². The lowest BCUT2D eigenvalue weighted by molar-refractivity contribution is 0.0269. The van der Waals surface area contributed by atoms with Crippen LogP contribution in [0.3, 0.4) is 0 Å². The van der Waals surface area contributed by atoms with Gasteiger partial charge in [0.25, 0.3) is 5.91 Å². The summed E-state index contributed by atoms with van der Waals surface area (Å²) in [5.41, 5.74) is 2.57. The number of likely N-dealkylation sites (tertiary alicyclic amines) is 1. The molecule has 0 atom stereocenters. The van der Waals surface area contributed by atoms with Gasteiger partial charge >= 0.3 is 0 Å². The van der Waals surface area contributed by atoms with E-state index < -0.39 is 0 Å². The molecule has 6 heteroatoms. The van der Waals surface area contributed by atoms with Crippen molar-refractivity contribution in [3.05, 3.63) is 89.7 Å². The molecule has 1 amide bonds. The molecule has 3 aromatic rings. The molecule has 160 valence electrons. The first-order valence-electron chi connectivity index (χ1n) is 10.7. The van der Waals surface area contributed by atoms with E-state index in [4.69, 9.17) is 0 Å². The van der Waals surface area contributed by atoms with Crippen molar-refractivity contribution in [3.63, 3.8) is 0 Å². The van der Waals surface area contributed by atoms with Crippen molar-refractivity contribution in [2.75, 3.05) is 18.4 Å². The molecule has 2 N–H and O–H groups in total. The van der Waals surface area contributed by atoms with Crippen LogP contribution in [0.4, 0.5) is 5.95 Å². The minimum Gasteiger partial charge on any atom is -0.352 e. The standard InChI is InChI=1S/C25H29N5O/c1-18(2)27-24-26-15-14-21(28-24)23(31)29-25(3)16-30(17-25)22(19-10-6-4-7-11-19)20-12-8-5-9-13-20/h4-15,18,22H,16-17H2,1-3H3,(H,29,31)(H,26,27,28). The largest absolute Gasteiger partial charge is 0.352 e. The Morgan fingerprint density at radius 2 is 1.55 bits per heavy atom. The molecular weight excluding hydrogens is 386 g/mol. The molecule has 2 aromatic carbocycles. The molecule has 4 rings (SSSR count). The van der Waals surface area contributed by atoms with Crippen molar-refractivity contribution in [1.82, 2.24) is 20.2 Å². The predicted octanol–water partition coefficient (Wildman–Crippen LogP) is 3.89. The Hall–Kier alpha value is -3.25. The second-order valence-corrected chi connectivity index (χ2v) is 8.71. The zero-order valence-corrected chi connectivity index (χ0v) is 18.2. The number of nitrogens with one attached hydrogen (secondary N) is 2. The highest BCUT2D eigenvalue weighted by molar-refractivity contribution is 5.93. The van der Waals surface area contributed by atoms with Crippen LogP contribution < -0.4 is 10.6 Å². The summed E-state index contributed by atoms with van der Waals surface area (Å²) < 4.78 is 0. The van der Waals surface area contributed by atoms with Crippen LogP contribution in [-0.4, -0.2) is 45.4 Å². The second-order valence-electron chi connectivity index (χ2n) is 8.71. The normalized spacial score (nSPS) is 15.5. The second kappa shape index (κ2) is 8.86. The first-order chi connectivity index (χ1) is 14.9. The van der Waals surface area contributed by atoms with Gasteiger partial charge in [-0.15, -0.1) is 0 Å². The molecule has 1 saturated heterocycles. The van der Waals surface area contributed by atoms with Crippen LogP contribution in [0.2, 0.25) is 0 Å². The quantitative estimate of drug-likeness (QED) is 0.613. The van der Waals surface area contributed by atoms with Crippen LogP contribution in [0, 0.1) is 0 Å². The van der Waals surface area contributed by atoms with Crippen molar-refractivity contribution in [2.24, 2.45) is 0 Å². The highest BCUT2D eigenvalue weighted by Crippen LogP contribution is 2.35. The van der Waals surface area contributed by atoms with E-state index in [1.54, 1.807) is 12.3 Å². The molecule has 2 heterocycles. The maximum atomic E-state index is 12.9. The van der Waals surface area contributed by atoms with Crippen LogP contribution in [0.1, 0.15) is 48.4 Å². The fraction of sp³-hybridized carbons (Fsp3) is 0.320. The van der Waals surface area contributed by atoms with Gasteiger partial charge in [-0.2, -0.15) is 0 Å². The average Bonchev–Trinajstić information content (AvgIpc) is 2.74. The van der Waals surface area contributed by atoms with E-state index in [0.717, 1.165) is 13.1 Å². The zero-order valence-electron chi connectivity index (χ0n) is 18.2. The molecule has 1 aliphatic rings. The number of nitrogens with zero attached hydrogens (tertiary/aromatic N) is 3. The molecule has 0 saturated carbocycles. The summed E-state index contributed by atoms with van der Waals surface area (Å²) in [6.45, 7) is 7.62. The van der Waals surface area contributed by atoms with Gasteiger partial charge in [0.05, 0.1) is 11.6 Å². The molecule has 1 aromatic heterocycles. The molecule has 0 spiro atoms. The minimum absolute atomic E-state index is 0.160. The highest BCUT2D eigenvalue weighted by Gasteiger charge is 2.44. The lowest BCUT2D eigenvalue weighted by atomic mass is 9.86. The number of hydrogen-bond donors (Lipinski definition) is 2. The fourth-order valence-electron chi connectivity index (χ4n) is 4.15. The maximum absolute atomic E-state index is 12.9. The summed E-state index contributed by atoms with van der Waals surface area (Å²) in [7, 11) is 0. The van der Waals surface area contributed by atoms with Gasteiger partial charge in [-0.05, 0) is 38.0 Å². The van der Waals surface area contributed by atoms with Crippen LogP contribution in [0.25, 0.3) is 0 Å². The molecule has 31 heavy (non-hydrogen) atoms. The van der Waals surface area contributed by atoms with Gasteiger partial charge < -0.3 is 10.6 Å². The molecule has 0 unspecified atom stereocenters. The third-order valence-electron chi connectivity index (χ3n) is 5.42. The Balaban J connectivity index is 1.46. The fourth-order valence-corrected chi connectivity index (χ4v) is 4.15. The predicted molar refractivity (Wildman–Crippen MR) is 123 cm³/mol. The number of aromatic nitrogens is 2. The van der Waals surface area contributed by atoms with Gasteiger partial charge in [0, 0.05) is 25.3 Å². The minimum atomic E-state index is -0.310. The summed E-state index contributed by atoms with van der Waals surface area (Å²) in [5, 5.41) is 6.32. The van der Waals surface area contributed by atoms with E-state index in [9.17, 15) is 4.79 Å². The van der Waals surface area contributed by atoms with Gasteiger partial charge in [0.15, 0.2) is 0 Å². The van der Waals surface area contributed by atoms with Crippen LogP contribution in [0.15, 0.2) is 72.9 Å². The van der Waals surface area contributed by atoms with E-state index in [2.05, 4.69) is 81.0 Å². The number of hydrogen-bond acceptors (Lipinski definition) is 5. The molecule has 0 bridgehead atoms. The Labute approximate surface area is 183 Å².